The molecule has 0 unspecified atom stereocenters. The van der Waals surface area contributed by atoms with Gasteiger partial charge in [0.25, 0.3) is 0 Å². The van der Waals surface area contributed by atoms with Gasteiger partial charge < -0.3 is 15.5 Å². The molecule has 0 bridgehead atoms. The first kappa shape index (κ1) is 14.6. The maximum absolute atomic E-state index is 4.48. The molecule has 0 radical (unpaired) electrons. The van der Waals surface area contributed by atoms with E-state index in [0.29, 0.717) is 6.04 Å². The van der Waals surface area contributed by atoms with Crippen LogP contribution in [0.4, 0.5) is 11.5 Å². The van der Waals surface area contributed by atoms with E-state index in [9.17, 15) is 0 Å². The molecule has 1 saturated carbocycles. The zero-order chi connectivity index (χ0) is 14.5. The minimum atomic E-state index is 0.622. The van der Waals surface area contributed by atoms with Crippen LogP contribution in [0.5, 0.6) is 0 Å². The Kier molecular flexibility index (Phi) is 4.96. The van der Waals surface area contributed by atoms with Gasteiger partial charge in [0, 0.05) is 43.6 Å². The number of pyridine rings is 1. The Morgan fingerprint density at radius 3 is 2.86 bits per heavy atom. The summed E-state index contributed by atoms with van der Waals surface area (Å²) in [6, 6.07) is 4.96. The number of hydrogen-bond acceptors (Lipinski definition) is 4. The number of nitrogens with one attached hydrogen (secondary N) is 2. The molecular formula is C17H28N4. The molecule has 4 nitrogen and oxygen atoms in total. The van der Waals surface area contributed by atoms with Crippen molar-refractivity contribution in [3.63, 3.8) is 0 Å². The summed E-state index contributed by atoms with van der Waals surface area (Å²) in [6.07, 6.45) is 10.1. The van der Waals surface area contributed by atoms with Crippen LogP contribution in [0.1, 0.15) is 38.5 Å². The lowest BCUT2D eigenvalue weighted by Gasteiger charge is -2.23. The van der Waals surface area contributed by atoms with Crippen molar-refractivity contribution in [3.05, 3.63) is 18.3 Å². The molecule has 1 aliphatic carbocycles. The SMILES string of the molecule is CN[C@@H]1CCN(c2ccnc(NCC3CCCCC3)c2)C1. The van der Waals surface area contributed by atoms with Crippen molar-refractivity contribution in [2.75, 3.05) is 36.9 Å². The van der Waals surface area contributed by atoms with Crippen LogP contribution in [0.25, 0.3) is 0 Å². The van der Waals surface area contributed by atoms with Crippen LogP contribution >= 0.6 is 0 Å². The number of likely N-dealkylation sites (N-methyl/N-ethyl adjacent to an activating group) is 1. The Morgan fingerprint density at radius 2 is 2.10 bits per heavy atom. The maximum Gasteiger partial charge on any atom is 0.127 e. The molecule has 1 aliphatic heterocycles. The summed E-state index contributed by atoms with van der Waals surface area (Å²) in [5.74, 6) is 1.87. The Morgan fingerprint density at radius 1 is 1.24 bits per heavy atom. The standard InChI is InChI=1S/C17H28N4/c1-18-15-8-10-21(13-15)16-7-9-19-17(11-16)20-12-14-5-3-2-4-6-14/h7,9,11,14-15,18H,2-6,8,10,12-13H2,1H3,(H,19,20)/t15-/m1/s1. The summed E-state index contributed by atoms with van der Waals surface area (Å²) in [4.78, 5) is 6.93. The predicted octanol–water partition coefficient (Wildman–Crippen LogP) is 2.87. The Labute approximate surface area is 128 Å². The van der Waals surface area contributed by atoms with Crippen LogP contribution in [0.2, 0.25) is 0 Å². The van der Waals surface area contributed by atoms with Crippen LogP contribution in [0.3, 0.4) is 0 Å². The third-order valence-corrected chi connectivity index (χ3v) is 5.00. The smallest absolute Gasteiger partial charge is 0.127 e. The topological polar surface area (TPSA) is 40.2 Å². The Bertz CT molecular complexity index is 442. The molecule has 0 spiro atoms. The highest BCUT2D eigenvalue weighted by Gasteiger charge is 2.21. The van der Waals surface area contributed by atoms with Crippen LogP contribution in [0.15, 0.2) is 18.3 Å². The van der Waals surface area contributed by atoms with Gasteiger partial charge in [0.15, 0.2) is 0 Å². The number of rotatable bonds is 5. The van der Waals surface area contributed by atoms with E-state index in [1.807, 2.05) is 6.20 Å². The monoisotopic (exact) mass is 288 g/mol. The third kappa shape index (κ3) is 3.88. The summed E-state index contributed by atoms with van der Waals surface area (Å²) < 4.78 is 0. The molecule has 2 N–H and O–H groups in total. The lowest BCUT2D eigenvalue weighted by molar-refractivity contribution is 0.373. The maximum atomic E-state index is 4.48. The van der Waals surface area contributed by atoms with Gasteiger partial charge in [-0.15, -0.1) is 0 Å². The molecule has 2 heterocycles. The molecule has 21 heavy (non-hydrogen) atoms. The molecule has 2 fully saturated rings. The normalized spacial score (nSPS) is 23.5. The van der Waals surface area contributed by atoms with Gasteiger partial charge in [0.05, 0.1) is 0 Å². The van der Waals surface area contributed by atoms with E-state index in [1.165, 1.54) is 44.2 Å². The van der Waals surface area contributed by atoms with Gasteiger partial charge in [-0.25, -0.2) is 4.98 Å². The molecule has 1 atom stereocenters. The second-order valence-electron chi connectivity index (χ2n) is 6.50. The fourth-order valence-electron chi connectivity index (χ4n) is 3.58. The fourth-order valence-corrected chi connectivity index (χ4v) is 3.58. The summed E-state index contributed by atoms with van der Waals surface area (Å²) in [6.45, 7) is 3.32. The Hall–Kier alpha value is -1.29. The van der Waals surface area contributed by atoms with Gasteiger partial charge in [0.1, 0.15) is 5.82 Å². The van der Waals surface area contributed by atoms with Crippen LogP contribution in [-0.4, -0.2) is 37.7 Å². The van der Waals surface area contributed by atoms with Gasteiger partial charge in [-0.05, 0) is 38.3 Å². The van der Waals surface area contributed by atoms with Crippen LogP contribution in [0, 0.1) is 5.92 Å². The van der Waals surface area contributed by atoms with Crippen molar-refractivity contribution >= 4 is 11.5 Å². The minimum absolute atomic E-state index is 0.622. The fraction of sp³-hybridized carbons (Fsp3) is 0.706. The van der Waals surface area contributed by atoms with Crippen molar-refractivity contribution in [3.8, 4) is 0 Å². The predicted molar refractivity (Wildman–Crippen MR) is 89.0 cm³/mol. The second-order valence-corrected chi connectivity index (χ2v) is 6.50. The molecule has 0 amide bonds. The van der Waals surface area contributed by atoms with E-state index in [1.54, 1.807) is 0 Å². The lowest BCUT2D eigenvalue weighted by atomic mass is 9.89. The van der Waals surface area contributed by atoms with E-state index in [-0.39, 0.29) is 0 Å². The summed E-state index contributed by atoms with van der Waals surface area (Å²) in [7, 11) is 2.05. The molecule has 4 heteroatoms. The molecule has 0 aromatic carbocycles. The van der Waals surface area contributed by atoms with E-state index in [0.717, 1.165) is 31.4 Å². The number of anilines is 2. The highest BCUT2D eigenvalue weighted by atomic mass is 15.2. The number of hydrogen-bond donors (Lipinski definition) is 2. The van der Waals surface area contributed by atoms with Gasteiger partial charge >= 0.3 is 0 Å². The van der Waals surface area contributed by atoms with E-state index in [4.69, 9.17) is 0 Å². The summed E-state index contributed by atoms with van der Waals surface area (Å²) in [5, 5.41) is 6.92. The summed E-state index contributed by atoms with van der Waals surface area (Å²) in [5.41, 5.74) is 1.30. The molecule has 1 aromatic rings. The van der Waals surface area contributed by atoms with Gasteiger partial charge in [0.2, 0.25) is 0 Å². The molecule has 2 aliphatic rings. The second kappa shape index (κ2) is 7.12. The van der Waals surface area contributed by atoms with Crippen molar-refractivity contribution < 1.29 is 0 Å². The quantitative estimate of drug-likeness (QED) is 0.874. The average molecular weight is 288 g/mol. The van der Waals surface area contributed by atoms with E-state index in [2.05, 4.69) is 39.7 Å². The zero-order valence-electron chi connectivity index (χ0n) is 13.1. The van der Waals surface area contributed by atoms with Crippen molar-refractivity contribution in [2.24, 2.45) is 5.92 Å². The largest absolute Gasteiger partial charge is 0.370 e. The van der Waals surface area contributed by atoms with Crippen LogP contribution < -0.4 is 15.5 Å². The number of aromatic nitrogens is 1. The third-order valence-electron chi connectivity index (χ3n) is 5.00. The minimum Gasteiger partial charge on any atom is -0.370 e. The first-order valence-corrected chi connectivity index (χ1v) is 8.47. The lowest BCUT2D eigenvalue weighted by Crippen LogP contribution is -2.29. The van der Waals surface area contributed by atoms with Gasteiger partial charge in [-0.1, -0.05) is 19.3 Å². The van der Waals surface area contributed by atoms with Crippen molar-refractivity contribution in [1.29, 1.82) is 0 Å². The van der Waals surface area contributed by atoms with Crippen LogP contribution in [-0.2, 0) is 0 Å². The van der Waals surface area contributed by atoms with Gasteiger partial charge in [-0.3, -0.25) is 0 Å². The number of nitrogens with zero attached hydrogens (tertiary/aromatic N) is 2. The van der Waals surface area contributed by atoms with E-state index < -0.39 is 0 Å². The van der Waals surface area contributed by atoms with Gasteiger partial charge in [-0.2, -0.15) is 0 Å². The molecule has 116 valence electrons. The highest BCUT2D eigenvalue weighted by molar-refractivity contribution is 5.54. The van der Waals surface area contributed by atoms with E-state index >= 15 is 0 Å². The molecule has 1 aromatic heterocycles. The molecular weight excluding hydrogens is 260 g/mol. The molecule has 3 rings (SSSR count). The van der Waals surface area contributed by atoms with Crippen molar-refractivity contribution in [2.45, 2.75) is 44.6 Å². The van der Waals surface area contributed by atoms with Crippen molar-refractivity contribution in [1.82, 2.24) is 10.3 Å². The zero-order valence-corrected chi connectivity index (χ0v) is 13.1. The molecule has 1 saturated heterocycles. The Balaban J connectivity index is 1.55. The first-order chi connectivity index (χ1) is 10.3. The summed E-state index contributed by atoms with van der Waals surface area (Å²) >= 11 is 0. The highest BCUT2D eigenvalue weighted by Crippen LogP contribution is 2.25. The first-order valence-electron chi connectivity index (χ1n) is 8.47. The average Bonchev–Trinajstić information content (AvgIpc) is 3.03.